The van der Waals surface area contributed by atoms with Gasteiger partial charge in [0.15, 0.2) is 0 Å². The molecule has 2 saturated heterocycles. The Morgan fingerprint density at radius 1 is 1.07 bits per heavy atom. The smallest absolute Gasteiger partial charge is 0.243 e. The molecule has 164 valence electrons. The first-order chi connectivity index (χ1) is 14.2. The van der Waals surface area contributed by atoms with Crippen LogP contribution >= 0.6 is 0 Å². The van der Waals surface area contributed by atoms with E-state index in [4.69, 9.17) is 0 Å². The normalized spacial score (nSPS) is 18.8. The summed E-state index contributed by atoms with van der Waals surface area (Å²) in [4.78, 5) is 37.1. The SMILES string of the molecule is Cc1ccc(S(=O)(=O)N2CCC(C(=O)NCCCN3C(=O)CCC3=O)CC2)cc1C. The van der Waals surface area contributed by atoms with Crippen molar-refractivity contribution in [3.63, 3.8) is 0 Å². The minimum atomic E-state index is -3.56. The van der Waals surface area contributed by atoms with Crippen LogP contribution < -0.4 is 5.32 Å². The molecule has 0 aliphatic carbocycles. The van der Waals surface area contributed by atoms with Gasteiger partial charge in [0.1, 0.15) is 0 Å². The number of nitrogens with one attached hydrogen (secondary N) is 1. The van der Waals surface area contributed by atoms with E-state index in [9.17, 15) is 22.8 Å². The fraction of sp³-hybridized carbons (Fsp3) is 0.571. The summed E-state index contributed by atoms with van der Waals surface area (Å²) in [6.07, 6.45) is 2.00. The summed E-state index contributed by atoms with van der Waals surface area (Å²) < 4.78 is 27.2. The number of benzene rings is 1. The molecule has 1 aromatic carbocycles. The van der Waals surface area contributed by atoms with Crippen molar-refractivity contribution in [1.29, 1.82) is 0 Å². The second-order valence-corrected chi connectivity index (χ2v) is 9.95. The highest BCUT2D eigenvalue weighted by Crippen LogP contribution is 2.25. The second-order valence-electron chi connectivity index (χ2n) is 8.01. The lowest BCUT2D eigenvalue weighted by atomic mass is 9.97. The third-order valence-electron chi connectivity index (χ3n) is 5.95. The summed E-state index contributed by atoms with van der Waals surface area (Å²) in [7, 11) is -3.56. The van der Waals surface area contributed by atoms with Crippen molar-refractivity contribution in [2.45, 2.75) is 50.8 Å². The number of carbonyl (C=O) groups excluding carboxylic acids is 3. The number of hydrogen-bond donors (Lipinski definition) is 1. The Labute approximate surface area is 177 Å². The summed E-state index contributed by atoms with van der Waals surface area (Å²) in [6, 6.07) is 5.14. The van der Waals surface area contributed by atoms with E-state index in [-0.39, 0.29) is 36.5 Å². The Morgan fingerprint density at radius 2 is 1.70 bits per heavy atom. The fourth-order valence-electron chi connectivity index (χ4n) is 3.85. The second kappa shape index (κ2) is 9.26. The average Bonchev–Trinajstić information content (AvgIpc) is 3.04. The summed E-state index contributed by atoms with van der Waals surface area (Å²) >= 11 is 0. The van der Waals surface area contributed by atoms with Crippen LogP contribution in [0, 0.1) is 19.8 Å². The molecule has 2 heterocycles. The number of likely N-dealkylation sites (tertiary alicyclic amines) is 1. The average molecular weight is 436 g/mol. The van der Waals surface area contributed by atoms with Crippen LogP contribution in [-0.2, 0) is 24.4 Å². The molecule has 1 N–H and O–H groups in total. The molecule has 9 heteroatoms. The highest BCUT2D eigenvalue weighted by atomic mass is 32.2. The monoisotopic (exact) mass is 435 g/mol. The molecule has 0 bridgehead atoms. The molecule has 2 aliphatic heterocycles. The highest BCUT2D eigenvalue weighted by Gasteiger charge is 2.32. The van der Waals surface area contributed by atoms with Gasteiger partial charge in [0.25, 0.3) is 0 Å². The lowest BCUT2D eigenvalue weighted by molar-refractivity contribution is -0.138. The molecule has 0 saturated carbocycles. The molecule has 2 aliphatic rings. The van der Waals surface area contributed by atoms with Crippen LogP contribution in [0.1, 0.15) is 43.2 Å². The lowest BCUT2D eigenvalue weighted by Crippen LogP contribution is -2.43. The van der Waals surface area contributed by atoms with Crippen molar-refractivity contribution in [3.05, 3.63) is 29.3 Å². The number of piperidine rings is 1. The largest absolute Gasteiger partial charge is 0.356 e. The van der Waals surface area contributed by atoms with Crippen molar-refractivity contribution >= 4 is 27.7 Å². The molecule has 0 aromatic heterocycles. The van der Waals surface area contributed by atoms with E-state index in [1.165, 1.54) is 9.21 Å². The quantitative estimate of drug-likeness (QED) is 0.514. The molecule has 0 atom stereocenters. The van der Waals surface area contributed by atoms with Crippen molar-refractivity contribution in [3.8, 4) is 0 Å². The van der Waals surface area contributed by atoms with Crippen LogP contribution in [0.4, 0.5) is 0 Å². The molecule has 0 spiro atoms. The van der Waals surface area contributed by atoms with Gasteiger partial charge < -0.3 is 5.32 Å². The van der Waals surface area contributed by atoms with Crippen LogP contribution in [-0.4, -0.2) is 61.5 Å². The van der Waals surface area contributed by atoms with Gasteiger partial charge in [-0.05, 0) is 56.4 Å². The van der Waals surface area contributed by atoms with E-state index in [1.54, 1.807) is 12.1 Å². The van der Waals surface area contributed by atoms with E-state index >= 15 is 0 Å². The zero-order chi connectivity index (χ0) is 21.9. The Hall–Kier alpha value is -2.26. The molecule has 3 amide bonds. The topological polar surface area (TPSA) is 104 Å². The van der Waals surface area contributed by atoms with E-state index in [2.05, 4.69) is 5.32 Å². The Kier molecular flexibility index (Phi) is 6.92. The number of carbonyl (C=O) groups is 3. The molecule has 1 aromatic rings. The maximum Gasteiger partial charge on any atom is 0.243 e. The van der Waals surface area contributed by atoms with Gasteiger partial charge in [-0.3, -0.25) is 19.3 Å². The highest BCUT2D eigenvalue weighted by molar-refractivity contribution is 7.89. The molecule has 0 unspecified atom stereocenters. The summed E-state index contributed by atoms with van der Waals surface area (Å²) in [5.74, 6) is -0.629. The third kappa shape index (κ3) is 4.89. The van der Waals surface area contributed by atoms with Gasteiger partial charge in [0, 0.05) is 44.9 Å². The van der Waals surface area contributed by atoms with Gasteiger partial charge in [-0.2, -0.15) is 4.31 Å². The molecular weight excluding hydrogens is 406 g/mol. The van der Waals surface area contributed by atoms with Gasteiger partial charge in [-0.1, -0.05) is 6.07 Å². The molecule has 30 heavy (non-hydrogen) atoms. The maximum absolute atomic E-state index is 12.9. The number of aryl methyl sites for hydroxylation is 2. The van der Waals surface area contributed by atoms with Crippen LogP contribution in [0.2, 0.25) is 0 Å². The van der Waals surface area contributed by atoms with E-state index < -0.39 is 10.0 Å². The van der Waals surface area contributed by atoms with Gasteiger partial charge in [0.2, 0.25) is 27.7 Å². The zero-order valence-electron chi connectivity index (χ0n) is 17.5. The summed E-state index contributed by atoms with van der Waals surface area (Å²) in [6.45, 7) is 5.16. The fourth-order valence-corrected chi connectivity index (χ4v) is 5.40. The van der Waals surface area contributed by atoms with Crippen LogP contribution in [0.3, 0.4) is 0 Å². The molecule has 2 fully saturated rings. The summed E-state index contributed by atoms with van der Waals surface area (Å²) in [5.41, 5.74) is 1.98. The van der Waals surface area contributed by atoms with E-state index in [0.29, 0.717) is 50.3 Å². The number of rotatable bonds is 7. The first kappa shape index (κ1) is 22.4. The number of nitrogens with zero attached hydrogens (tertiary/aromatic N) is 2. The molecule has 8 nitrogen and oxygen atoms in total. The first-order valence-electron chi connectivity index (χ1n) is 10.4. The number of sulfonamides is 1. The molecule has 3 rings (SSSR count). The number of amides is 3. The van der Waals surface area contributed by atoms with Crippen LogP contribution in [0.15, 0.2) is 23.1 Å². The third-order valence-corrected chi connectivity index (χ3v) is 7.85. The van der Waals surface area contributed by atoms with Crippen molar-refractivity contribution in [1.82, 2.24) is 14.5 Å². The first-order valence-corrected chi connectivity index (χ1v) is 11.8. The zero-order valence-corrected chi connectivity index (χ0v) is 18.3. The van der Waals surface area contributed by atoms with Gasteiger partial charge in [-0.25, -0.2) is 8.42 Å². The predicted octanol–water partition coefficient (Wildman–Crippen LogP) is 1.36. The van der Waals surface area contributed by atoms with Gasteiger partial charge >= 0.3 is 0 Å². The molecular formula is C21H29N3O5S. The van der Waals surface area contributed by atoms with Crippen LogP contribution in [0.25, 0.3) is 0 Å². The van der Waals surface area contributed by atoms with Crippen molar-refractivity contribution in [2.24, 2.45) is 5.92 Å². The Balaban J connectivity index is 1.45. The van der Waals surface area contributed by atoms with Gasteiger partial charge in [0.05, 0.1) is 4.90 Å². The van der Waals surface area contributed by atoms with E-state index in [0.717, 1.165) is 11.1 Å². The number of imide groups is 1. The van der Waals surface area contributed by atoms with Crippen molar-refractivity contribution in [2.75, 3.05) is 26.2 Å². The lowest BCUT2D eigenvalue weighted by Gasteiger charge is -2.30. The predicted molar refractivity (Wildman–Crippen MR) is 111 cm³/mol. The summed E-state index contributed by atoms with van der Waals surface area (Å²) in [5, 5.41) is 2.85. The van der Waals surface area contributed by atoms with Gasteiger partial charge in [-0.15, -0.1) is 0 Å². The maximum atomic E-state index is 12.9. The minimum Gasteiger partial charge on any atom is -0.356 e. The standard InChI is InChI=1S/C21H29N3O5S/c1-15-4-5-18(14-16(15)2)30(28,29)23-12-8-17(9-13-23)21(27)22-10-3-11-24-19(25)6-7-20(24)26/h4-5,14,17H,3,6-13H2,1-2H3,(H,22,27). The van der Waals surface area contributed by atoms with Crippen LogP contribution in [0.5, 0.6) is 0 Å². The molecule has 0 radical (unpaired) electrons. The van der Waals surface area contributed by atoms with Crippen molar-refractivity contribution < 1.29 is 22.8 Å². The number of hydrogen-bond acceptors (Lipinski definition) is 5. The van der Waals surface area contributed by atoms with E-state index in [1.807, 2.05) is 19.9 Å². The Bertz CT molecular complexity index is 920. The Morgan fingerprint density at radius 3 is 2.30 bits per heavy atom. The minimum absolute atomic E-state index is 0.0997.